The summed E-state index contributed by atoms with van der Waals surface area (Å²) in [6.07, 6.45) is 3.89. The van der Waals surface area contributed by atoms with Crippen molar-refractivity contribution < 1.29 is 19.4 Å². The number of benzene rings is 1. The Hall–Kier alpha value is -1.52. The highest BCUT2D eigenvalue weighted by Gasteiger charge is 2.18. The molecule has 1 aromatic rings. The molecule has 2 rings (SSSR count). The van der Waals surface area contributed by atoms with Gasteiger partial charge in [-0.05, 0) is 42.2 Å². The standard InChI is InChI=1S/C14H12Cl2O4/c15-13-9(6-8-2-1-3-10(8)17)4-5-11(14(13)16)20-7-12(18)19/h4-6H,1-3,7H2,(H,18,19)/b8-6+. The second-order valence-corrected chi connectivity index (χ2v) is 5.17. The van der Waals surface area contributed by atoms with Gasteiger partial charge in [0.15, 0.2) is 12.4 Å². The van der Waals surface area contributed by atoms with E-state index in [4.69, 9.17) is 33.0 Å². The van der Waals surface area contributed by atoms with Crippen molar-refractivity contribution in [1.82, 2.24) is 0 Å². The van der Waals surface area contributed by atoms with E-state index in [1.807, 2.05) is 0 Å². The maximum atomic E-state index is 11.6. The minimum atomic E-state index is -1.10. The molecule has 1 aliphatic rings. The number of carboxylic acids is 1. The van der Waals surface area contributed by atoms with E-state index in [0.717, 1.165) is 18.4 Å². The van der Waals surface area contributed by atoms with Crippen LogP contribution in [0.3, 0.4) is 0 Å². The fraction of sp³-hybridized carbons (Fsp3) is 0.286. The third-order valence-corrected chi connectivity index (χ3v) is 3.84. The lowest BCUT2D eigenvalue weighted by Crippen LogP contribution is -2.09. The Balaban J connectivity index is 2.26. The molecule has 4 nitrogen and oxygen atoms in total. The zero-order valence-corrected chi connectivity index (χ0v) is 12.0. The molecule has 106 valence electrons. The molecule has 0 atom stereocenters. The maximum Gasteiger partial charge on any atom is 0.341 e. The fourth-order valence-electron chi connectivity index (χ4n) is 1.99. The van der Waals surface area contributed by atoms with Crippen LogP contribution in [0.15, 0.2) is 17.7 Å². The molecule has 20 heavy (non-hydrogen) atoms. The largest absolute Gasteiger partial charge is 0.480 e. The summed E-state index contributed by atoms with van der Waals surface area (Å²) >= 11 is 12.2. The first-order valence-corrected chi connectivity index (χ1v) is 6.81. The second-order valence-electron chi connectivity index (χ2n) is 4.41. The predicted octanol–water partition coefficient (Wildman–Crippen LogP) is 3.59. The molecule has 0 heterocycles. The number of Topliss-reactive ketones (excluding diaryl/α,β-unsaturated/α-hetero) is 1. The van der Waals surface area contributed by atoms with E-state index in [9.17, 15) is 9.59 Å². The topological polar surface area (TPSA) is 63.6 Å². The molecule has 0 saturated heterocycles. The van der Waals surface area contributed by atoms with Gasteiger partial charge in [-0.15, -0.1) is 0 Å². The highest BCUT2D eigenvalue weighted by atomic mass is 35.5. The number of hydrogen-bond acceptors (Lipinski definition) is 3. The van der Waals surface area contributed by atoms with E-state index >= 15 is 0 Å². The molecular weight excluding hydrogens is 303 g/mol. The van der Waals surface area contributed by atoms with Crippen LogP contribution in [0.25, 0.3) is 6.08 Å². The number of carbonyl (C=O) groups excluding carboxylic acids is 1. The zero-order chi connectivity index (χ0) is 14.7. The van der Waals surface area contributed by atoms with Crippen molar-refractivity contribution >= 4 is 41.0 Å². The summed E-state index contributed by atoms with van der Waals surface area (Å²) in [6.45, 7) is -0.491. The van der Waals surface area contributed by atoms with Crippen LogP contribution < -0.4 is 4.74 Å². The van der Waals surface area contributed by atoms with Gasteiger partial charge in [0.1, 0.15) is 10.8 Å². The van der Waals surface area contributed by atoms with E-state index in [1.165, 1.54) is 0 Å². The summed E-state index contributed by atoms with van der Waals surface area (Å²) in [5.41, 5.74) is 1.37. The predicted molar refractivity (Wildman–Crippen MR) is 76.4 cm³/mol. The number of rotatable bonds is 4. The minimum Gasteiger partial charge on any atom is -0.480 e. The maximum absolute atomic E-state index is 11.6. The van der Waals surface area contributed by atoms with Crippen molar-refractivity contribution in [2.24, 2.45) is 0 Å². The number of allylic oxidation sites excluding steroid dienone is 1. The molecule has 1 N–H and O–H groups in total. The zero-order valence-electron chi connectivity index (χ0n) is 10.5. The number of ketones is 1. The van der Waals surface area contributed by atoms with Gasteiger partial charge < -0.3 is 9.84 Å². The monoisotopic (exact) mass is 314 g/mol. The Morgan fingerprint density at radius 1 is 1.30 bits per heavy atom. The molecule has 0 bridgehead atoms. The molecule has 1 aliphatic carbocycles. The quantitative estimate of drug-likeness (QED) is 0.862. The molecule has 0 aromatic heterocycles. The third kappa shape index (κ3) is 3.32. The summed E-state index contributed by atoms with van der Waals surface area (Å²) in [5, 5.41) is 8.96. The van der Waals surface area contributed by atoms with Crippen molar-refractivity contribution in [3.63, 3.8) is 0 Å². The molecular formula is C14H12Cl2O4. The van der Waals surface area contributed by atoms with Gasteiger partial charge in [0.2, 0.25) is 0 Å². The molecule has 0 unspecified atom stereocenters. The Labute approximate surface area is 125 Å². The first-order valence-electron chi connectivity index (χ1n) is 6.05. The molecule has 0 spiro atoms. The van der Waals surface area contributed by atoms with Crippen molar-refractivity contribution in [2.75, 3.05) is 6.61 Å². The van der Waals surface area contributed by atoms with Crippen LogP contribution >= 0.6 is 23.2 Å². The third-order valence-electron chi connectivity index (χ3n) is 2.97. The number of carbonyl (C=O) groups is 2. The second kappa shape index (κ2) is 6.29. The van der Waals surface area contributed by atoms with Gasteiger partial charge in [-0.3, -0.25) is 4.79 Å². The number of aliphatic carboxylic acids is 1. The van der Waals surface area contributed by atoms with Crippen LogP contribution in [0, 0.1) is 0 Å². The van der Waals surface area contributed by atoms with E-state index in [-0.39, 0.29) is 21.6 Å². The molecule has 0 amide bonds. The van der Waals surface area contributed by atoms with E-state index in [0.29, 0.717) is 12.0 Å². The van der Waals surface area contributed by atoms with Gasteiger partial charge in [-0.2, -0.15) is 0 Å². The number of ether oxygens (including phenoxy) is 1. The molecule has 0 radical (unpaired) electrons. The molecule has 1 fully saturated rings. The summed E-state index contributed by atoms with van der Waals surface area (Å²) in [7, 11) is 0. The highest BCUT2D eigenvalue weighted by Crippen LogP contribution is 2.36. The Morgan fingerprint density at radius 2 is 2.05 bits per heavy atom. The van der Waals surface area contributed by atoms with Gasteiger partial charge in [0, 0.05) is 6.42 Å². The molecule has 0 aliphatic heterocycles. The van der Waals surface area contributed by atoms with Crippen LogP contribution in [0.1, 0.15) is 24.8 Å². The van der Waals surface area contributed by atoms with Gasteiger partial charge in [0.05, 0.1) is 5.02 Å². The van der Waals surface area contributed by atoms with Crippen LogP contribution in [-0.4, -0.2) is 23.5 Å². The average molecular weight is 315 g/mol. The van der Waals surface area contributed by atoms with Crippen molar-refractivity contribution in [3.8, 4) is 5.75 Å². The minimum absolute atomic E-state index is 0.128. The average Bonchev–Trinajstić information content (AvgIpc) is 2.79. The van der Waals surface area contributed by atoms with Crippen LogP contribution in [0.4, 0.5) is 0 Å². The van der Waals surface area contributed by atoms with E-state index < -0.39 is 12.6 Å². The lowest BCUT2D eigenvalue weighted by molar-refractivity contribution is -0.139. The number of carboxylic acid groups (broad SMARTS) is 1. The van der Waals surface area contributed by atoms with Crippen molar-refractivity contribution in [1.29, 1.82) is 0 Å². The van der Waals surface area contributed by atoms with E-state index in [2.05, 4.69) is 0 Å². The van der Waals surface area contributed by atoms with Gasteiger partial charge >= 0.3 is 5.97 Å². The van der Waals surface area contributed by atoms with Gasteiger partial charge in [0.25, 0.3) is 0 Å². The van der Waals surface area contributed by atoms with Gasteiger partial charge in [-0.1, -0.05) is 23.2 Å². The first kappa shape index (κ1) is 14.9. The summed E-state index contributed by atoms with van der Waals surface area (Å²) in [6, 6.07) is 3.20. The Bertz CT molecular complexity index is 593. The van der Waals surface area contributed by atoms with Crippen LogP contribution in [0.5, 0.6) is 5.75 Å². The van der Waals surface area contributed by atoms with Crippen molar-refractivity contribution in [2.45, 2.75) is 19.3 Å². The Morgan fingerprint density at radius 3 is 2.65 bits per heavy atom. The van der Waals surface area contributed by atoms with E-state index in [1.54, 1.807) is 18.2 Å². The normalized spacial score (nSPS) is 16.7. The van der Waals surface area contributed by atoms with Crippen LogP contribution in [0.2, 0.25) is 10.0 Å². The number of halogens is 2. The smallest absolute Gasteiger partial charge is 0.341 e. The summed E-state index contributed by atoms with van der Waals surface area (Å²) in [4.78, 5) is 22.0. The van der Waals surface area contributed by atoms with Gasteiger partial charge in [-0.25, -0.2) is 4.79 Å². The van der Waals surface area contributed by atoms with Crippen LogP contribution in [-0.2, 0) is 9.59 Å². The molecule has 1 saturated carbocycles. The first-order chi connectivity index (χ1) is 9.49. The number of hydrogen-bond donors (Lipinski definition) is 1. The molecule has 6 heteroatoms. The summed E-state index contributed by atoms with van der Waals surface area (Å²) < 4.78 is 5.02. The summed E-state index contributed by atoms with van der Waals surface area (Å²) in [5.74, 6) is -0.762. The molecule has 1 aromatic carbocycles. The van der Waals surface area contributed by atoms with Crippen molar-refractivity contribution in [3.05, 3.63) is 33.3 Å². The lowest BCUT2D eigenvalue weighted by atomic mass is 10.1. The lowest BCUT2D eigenvalue weighted by Gasteiger charge is -2.09. The SMILES string of the molecule is O=C(O)COc1ccc(/C=C2\CCCC2=O)c(Cl)c1Cl. The fourth-order valence-corrected chi connectivity index (χ4v) is 2.43. The highest BCUT2D eigenvalue weighted by molar-refractivity contribution is 6.43. The Kier molecular flexibility index (Phi) is 4.68.